The van der Waals surface area contributed by atoms with Gasteiger partial charge in [-0.3, -0.25) is 0 Å². The summed E-state index contributed by atoms with van der Waals surface area (Å²) in [7, 11) is 0. The van der Waals surface area contributed by atoms with E-state index in [0.717, 1.165) is 28.0 Å². The maximum Gasteiger partial charge on any atom is 0.343 e. The van der Waals surface area contributed by atoms with Crippen LogP contribution >= 0.6 is 0 Å². The third-order valence-corrected chi connectivity index (χ3v) is 5.25. The molecule has 5 rings (SSSR count). The molecule has 28 heavy (non-hydrogen) atoms. The molecule has 0 N–H and O–H groups in total. The number of aryl methyl sites for hydroxylation is 1. The molecule has 0 saturated carbocycles. The zero-order chi connectivity index (χ0) is 19.1. The van der Waals surface area contributed by atoms with E-state index in [4.69, 9.17) is 4.42 Å². The lowest BCUT2D eigenvalue weighted by Crippen LogP contribution is -2.42. The molecule has 1 aliphatic rings. The Morgan fingerprint density at radius 2 is 1.54 bits per heavy atom. The van der Waals surface area contributed by atoms with Crippen LogP contribution in [-0.4, -0.2) is 6.67 Å². The van der Waals surface area contributed by atoms with Gasteiger partial charge in [0.25, 0.3) is 0 Å². The highest BCUT2D eigenvalue weighted by atomic mass is 16.4. The van der Waals surface area contributed by atoms with Crippen molar-refractivity contribution in [1.82, 2.24) is 0 Å². The number of benzene rings is 3. The van der Waals surface area contributed by atoms with Crippen LogP contribution in [0.4, 0.5) is 17.1 Å². The number of anilines is 3. The van der Waals surface area contributed by atoms with E-state index in [0.29, 0.717) is 24.4 Å². The van der Waals surface area contributed by atoms with Crippen molar-refractivity contribution in [2.24, 2.45) is 0 Å². The second kappa shape index (κ2) is 6.57. The van der Waals surface area contributed by atoms with Gasteiger partial charge in [-0.15, -0.1) is 0 Å². The average Bonchev–Trinajstić information content (AvgIpc) is 2.74. The molecule has 0 fully saturated rings. The Bertz CT molecular complexity index is 1200. The molecular weight excluding hydrogens is 348 g/mol. The van der Waals surface area contributed by atoms with Crippen LogP contribution in [0, 0.1) is 6.92 Å². The maximum absolute atomic E-state index is 12.9. The van der Waals surface area contributed by atoms with Gasteiger partial charge in [-0.25, -0.2) is 4.79 Å². The molecule has 0 spiro atoms. The summed E-state index contributed by atoms with van der Waals surface area (Å²) in [4.78, 5) is 17.3. The first-order valence-electron chi connectivity index (χ1n) is 9.39. The molecule has 0 unspecified atom stereocenters. The molecule has 0 amide bonds. The van der Waals surface area contributed by atoms with Crippen molar-refractivity contribution in [2.75, 3.05) is 16.5 Å². The van der Waals surface area contributed by atoms with Gasteiger partial charge in [0.2, 0.25) is 0 Å². The highest BCUT2D eigenvalue weighted by molar-refractivity contribution is 5.95. The molecule has 1 aliphatic heterocycles. The highest BCUT2D eigenvalue weighted by Gasteiger charge is 2.29. The van der Waals surface area contributed by atoms with E-state index in [-0.39, 0.29) is 5.63 Å². The lowest BCUT2D eigenvalue weighted by atomic mass is 10.0. The van der Waals surface area contributed by atoms with E-state index >= 15 is 0 Å². The number of hydrogen-bond donors (Lipinski definition) is 0. The molecule has 3 aromatic carbocycles. The van der Waals surface area contributed by atoms with Crippen LogP contribution < -0.4 is 15.4 Å². The minimum absolute atomic E-state index is 0.269. The second-order valence-corrected chi connectivity index (χ2v) is 7.15. The Labute approximate surface area is 163 Å². The fraction of sp³-hybridized carbons (Fsp3) is 0.125. The topological polar surface area (TPSA) is 36.7 Å². The van der Waals surface area contributed by atoms with Crippen molar-refractivity contribution in [3.05, 3.63) is 100 Å². The van der Waals surface area contributed by atoms with Crippen LogP contribution in [0.15, 0.2) is 88.1 Å². The molecule has 138 valence electrons. The van der Waals surface area contributed by atoms with E-state index < -0.39 is 0 Å². The molecule has 4 heteroatoms. The van der Waals surface area contributed by atoms with Gasteiger partial charge in [-0.2, -0.15) is 0 Å². The Kier molecular flexibility index (Phi) is 3.90. The molecule has 0 saturated heterocycles. The molecular formula is C24H20N2O2. The Hall–Kier alpha value is -3.53. The summed E-state index contributed by atoms with van der Waals surface area (Å²) in [6, 6.07) is 26.4. The van der Waals surface area contributed by atoms with Crippen molar-refractivity contribution in [1.29, 1.82) is 0 Å². The largest absolute Gasteiger partial charge is 0.422 e. The first-order valence-corrected chi connectivity index (χ1v) is 9.39. The van der Waals surface area contributed by atoms with Crippen LogP contribution in [0.3, 0.4) is 0 Å². The van der Waals surface area contributed by atoms with E-state index in [1.165, 1.54) is 0 Å². The van der Waals surface area contributed by atoms with Gasteiger partial charge < -0.3 is 14.2 Å². The fourth-order valence-electron chi connectivity index (χ4n) is 3.89. The van der Waals surface area contributed by atoms with Gasteiger partial charge in [-0.05, 0) is 48.9 Å². The van der Waals surface area contributed by atoms with Crippen molar-refractivity contribution < 1.29 is 4.42 Å². The number of nitrogens with zero attached hydrogens (tertiary/aromatic N) is 2. The zero-order valence-electron chi connectivity index (χ0n) is 15.6. The Morgan fingerprint density at radius 3 is 2.25 bits per heavy atom. The predicted molar refractivity (Wildman–Crippen MR) is 113 cm³/mol. The minimum atomic E-state index is -0.269. The first kappa shape index (κ1) is 16.6. The molecule has 4 nitrogen and oxygen atoms in total. The van der Waals surface area contributed by atoms with E-state index in [2.05, 4.69) is 46.2 Å². The van der Waals surface area contributed by atoms with Gasteiger partial charge in [0.15, 0.2) is 0 Å². The summed E-state index contributed by atoms with van der Waals surface area (Å²) in [5, 5.41) is 0.969. The molecule has 2 heterocycles. The fourth-order valence-corrected chi connectivity index (χ4v) is 3.89. The highest BCUT2D eigenvalue weighted by Crippen LogP contribution is 2.39. The van der Waals surface area contributed by atoms with E-state index in [1.807, 2.05) is 49.4 Å². The summed E-state index contributed by atoms with van der Waals surface area (Å²) in [5.74, 6) is 0. The molecule has 0 radical (unpaired) electrons. The molecule has 0 atom stereocenters. The van der Waals surface area contributed by atoms with Gasteiger partial charge in [0.1, 0.15) is 5.58 Å². The smallest absolute Gasteiger partial charge is 0.343 e. The quantitative estimate of drug-likeness (QED) is 0.455. The van der Waals surface area contributed by atoms with Gasteiger partial charge >= 0.3 is 5.63 Å². The predicted octanol–water partition coefficient (Wildman–Crippen LogP) is 5.22. The van der Waals surface area contributed by atoms with Gasteiger partial charge in [0, 0.05) is 16.8 Å². The Morgan fingerprint density at radius 1 is 0.857 bits per heavy atom. The number of para-hydroxylation sites is 2. The maximum atomic E-state index is 12.9. The molecule has 0 aliphatic carbocycles. The number of rotatable bonds is 2. The summed E-state index contributed by atoms with van der Waals surface area (Å²) < 4.78 is 5.70. The van der Waals surface area contributed by atoms with Crippen molar-refractivity contribution in [2.45, 2.75) is 13.5 Å². The number of fused-ring (bicyclic) bond motifs is 3. The van der Waals surface area contributed by atoms with Gasteiger partial charge in [0.05, 0.1) is 24.5 Å². The summed E-state index contributed by atoms with van der Waals surface area (Å²) in [5.41, 5.74) is 5.21. The van der Waals surface area contributed by atoms with Gasteiger partial charge in [-0.1, -0.05) is 42.5 Å². The van der Waals surface area contributed by atoms with Crippen LogP contribution in [0.2, 0.25) is 0 Å². The van der Waals surface area contributed by atoms with Crippen LogP contribution in [-0.2, 0) is 6.54 Å². The summed E-state index contributed by atoms with van der Waals surface area (Å²) >= 11 is 0. The van der Waals surface area contributed by atoms with Crippen molar-refractivity contribution in [3.8, 4) is 0 Å². The summed E-state index contributed by atoms with van der Waals surface area (Å²) in [6.07, 6.45) is 0. The summed E-state index contributed by atoms with van der Waals surface area (Å²) in [6.45, 7) is 3.19. The van der Waals surface area contributed by atoms with Crippen LogP contribution in [0.25, 0.3) is 11.0 Å². The van der Waals surface area contributed by atoms with Crippen molar-refractivity contribution >= 4 is 28.0 Å². The average molecular weight is 368 g/mol. The SMILES string of the molecule is Cc1ccc2c3c(c(=O)oc2c1)CN(c1ccccc1)CN3c1ccccc1. The first-order chi connectivity index (χ1) is 13.7. The number of hydrogen-bond acceptors (Lipinski definition) is 4. The van der Waals surface area contributed by atoms with Crippen LogP contribution in [0.5, 0.6) is 0 Å². The normalized spacial score (nSPS) is 13.6. The monoisotopic (exact) mass is 368 g/mol. The molecule has 4 aromatic rings. The van der Waals surface area contributed by atoms with E-state index in [1.54, 1.807) is 0 Å². The van der Waals surface area contributed by atoms with Crippen molar-refractivity contribution in [3.63, 3.8) is 0 Å². The lowest BCUT2D eigenvalue weighted by molar-refractivity contribution is 0.543. The molecule has 0 bridgehead atoms. The standard InChI is InChI=1S/C24H20N2O2/c1-17-12-13-20-22(14-17)28-24(27)21-15-25(18-8-4-2-5-9-18)16-26(23(20)21)19-10-6-3-7-11-19/h2-14H,15-16H2,1H3. The lowest BCUT2D eigenvalue weighted by Gasteiger charge is -2.39. The third kappa shape index (κ3) is 2.74. The van der Waals surface area contributed by atoms with Crippen LogP contribution in [0.1, 0.15) is 11.1 Å². The second-order valence-electron chi connectivity index (χ2n) is 7.15. The molecule has 1 aromatic heterocycles. The Balaban J connectivity index is 1.76. The zero-order valence-corrected chi connectivity index (χ0v) is 15.6. The van der Waals surface area contributed by atoms with E-state index in [9.17, 15) is 4.79 Å². The minimum Gasteiger partial charge on any atom is -0.422 e. The third-order valence-electron chi connectivity index (χ3n) is 5.25.